The molecule has 6 heteroatoms. The molecular formula is C34H46N2O4. The molecule has 3 aromatic rings. The van der Waals surface area contributed by atoms with E-state index in [1.54, 1.807) is 20.3 Å². The quantitative estimate of drug-likeness (QED) is 0.180. The van der Waals surface area contributed by atoms with Crippen molar-refractivity contribution < 1.29 is 19.3 Å². The van der Waals surface area contributed by atoms with Gasteiger partial charge in [-0.15, -0.1) is 0 Å². The number of nitrogens with one attached hydrogen (secondary N) is 2. The number of rotatable bonds is 15. The summed E-state index contributed by atoms with van der Waals surface area (Å²) in [5, 5.41) is 17.1. The lowest BCUT2D eigenvalue weighted by Gasteiger charge is -2.29. The number of benzene rings is 3. The highest BCUT2D eigenvalue weighted by molar-refractivity contribution is 5.63. The topological polar surface area (TPSA) is 72.0 Å². The highest BCUT2D eigenvalue weighted by atomic mass is 16.5. The van der Waals surface area contributed by atoms with Crippen molar-refractivity contribution >= 4 is 5.69 Å². The van der Waals surface area contributed by atoms with Gasteiger partial charge in [0.05, 0.1) is 14.2 Å². The van der Waals surface area contributed by atoms with Crippen molar-refractivity contribution in [1.82, 2.24) is 5.32 Å². The highest BCUT2D eigenvalue weighted by Gasteiger charge is 2.25. The van der Waals surface area contributed by atoms with Crippen LogP contribution in [0, 0.1) is 0 Å². The van der Waals surface area contributed by atoms with Crippen molar-refractivity contribution in [1.29, 1.82) is 0 Å². The standard InChI is InChI=1S/C34H46N2O4/c1-5-6-7-16-35-17-18-40-30-14-8-25(9-15-30)19-24(2)36-32-23-34(39-4)33(38-3)22-31(32)28-11-10-27-21-29(37)13-12-26(27)20-28/h8-9,12-15,21-24,28,35-37H,5-7,10-11,16-20H2,1-4H3. The number of fused-ring (bicyclic) bond motifs is 1. The van der Waals surface area contributed by atoms with E-state index in [-0.39, 0.29) is 6.04 Å². The summed E-state index contributed by atoms with van der Waals surface area (Å²) in [7, 11) is 3.37. The zero-order valence-corrected chi connectivity index (χ0v) is 24.6. The molecule has 0 saturated heterocycles. The van der Waals surface area contributed by atoms with Gasteiger partial charge < -0.3 is 30.0 Å². The minimum atomic E-state index is 0.212. The zero-order chi connectivity index (χ0) is 28.3. The maximum absolute atomic E-state index is 9.91. The van der Waals surface area contributed by atoms with Crippen molar-refractivity contribution in [3.8, 4) is 23.0 Å². The predicted molar refractivity (Wildman–Crippen MR) is 164 cm³/mol. The van der Waals surface area contributed by atoms with E-state index in [9.17, 15) is 5.11 Å². The second-order valence-electron chi connectivity index (χ2n) is 10.9. The molecule has 0 aliphatic heterocycles. The minimum Gasteiger partial charge on any atom is -0.508 e. The number of aryl methyl sites for hydroxylation is 1. The molecule has 0 radical (unpaired) electrons. The van der Waals surface area contributed by atoms with Crippen LogP contribution in [0.4, 0.5) is 5.69 Å². The van der Waals surface area contributed by atoms with E-state index in [1.165, 1.54) is 41.5 Å². The van der Waals surface area contributed by atoms with Crippen molar-refractivity contribution in [2.45, 2.75) is 70.8 Å². The number of ether oxygens (including phenoxy) is 3. The summed E-state index contributed by atoms with van der Waals surface area (Å²) in [5.41, 5.74) is 6.14. The van der Waals surface area contributed by atoms with Crippen molar-refractivity contribution in [2.24, 2.45) is 0 Å². The van der Waals surface area contributed by atoms with Gasteiger partial charge in [0.25, 0.3) is 0 Å². The lowest BCUT2D eigenvalue weighted by atomic mass is 9.79. The summed E-state index contributed by atoms with van der Waals surface area (Å²) in [5.74, 6) is 3.08. The SMILES string of the molecule is CCCCCNCCOc1ccc(CC(C)Nc2cc(OC)c(OC)cc2C2CCc3cc(O)ccc3C2)cc1. The molecule has 4 rings (SSSR count). The van der Waals surface area contributed by atoms with Gasteiger partial charge in [-0.05, 0) is 104 Å². The molecule has 1 aliphatic carbocycles. The molecule has 0 heterocycles. The molecular weight excluding hydrogens is 500 g/mol. The van der Waals surface area contributed by atoms with Crippen LogP contribution in [0.2, 0.25) is 0 Å². The summed E-state index contributed by atoms with van der Waals surface area (Å²) in [4.78, 5) is 0. The van der Waals surface area contributed by atoms with Gasteiger partial charge in [0.15, 0.2) is 11.5 Å². The zero-order valence-electron chi connectivity index (χ0n) is 24.6. The van der Waals surface area contributed by atoms with Crippen LogP contribution in [-0.4, -0.2) is 45.1 Å². The Labute approximate surface area is 240 Å². The van der Waals surface area contributed by atoms with Crippen LogP contribution >= 0.6 is 0 Å². The van der Waals surface area contributed by atoms with Gasteiger partial charge in [0, 0.05) is 24.3 Å². The minimum absolute atomic E-state index is 0.212. The average molecular weight is 547 g/mol. The van der Waals surface area contributed by atoms with Crippen molar-refractivity contribution in [3.63, 3.8) is 0 Å². The number of phenolic OH excluding ortho intramolecular Hbond substituents is 1. The van der Waals surface area contributed by atoms with Crippen LogP contribution < -0.4 is 24.8 Å². The number of methoxy groups -OCH3 is 2. The Morgan fingerprint density at radius 1 is 0.925 bits per heavy atom. The third-order valence-electron chi connectivity index (χ3n) is 7.79. The first-order valence-corrected chi connectivity index (χ1v) is 14.8. The van der Waals surface area contributed by atoms with E-state index in [1.807, 2.05) is 6.07 Å². The monoisotopic (exact) mass is 546 g/mol. The Bertz CT molecular complexity index is 1210. The first-order valence-electron chi connectivity index (χ1n) is 14.8. The van der Waals surface area contributed by atoms with E-state index in [2.05, 4.69) is 66.9 Å². The van der Waals surface area contributed by atoms with Gasteiger partial charge in [-0.25, -0.2) is 0 Å². The maximum Gasteiger partial charge on any atom is 0.162 e. The fourth-order valence-electron chi connectivity index (χ4n) is 5.62. The average Bonchev–Trinajstić information content (AvgIpc) is 2.97. The van der Waals surface area contributed by atoms with E-state index < -0.39 is 0 Å². The molecule has 216 valence electrons. The fourth-order valence-corrected chi connectivity index (χ4v) is 5.62. The summed E-state index contributed by atoms with van der Waals surface area (Å²) >= 11 is 0. The van der Waals surface area contributed by atoms with Gasteiger partial charge in [0.2, 0.25) is 0 Å². The first-order chi connectivity index (χ1) is 19.5. The molecule has 0 bridgehead atoms. The summed E-state index contributed by atoms with van der Waals surface area (Å²) in [6.45, 7) is 7.05. The Morgan fingerprint density at radius 2 is 1.70 bits per heavy atom. The molecule has 3 N–H and O–H groups in total. The second kappa shape index (κ2) is 14.8. The van der Waals surface area contributed by atoms with Crippen LogP contribution in [0.3, 0.4) is 0 Å². The van der Waals surface area contributed by atoms with Gasteiger partial charge >= 0.3 is 0 Å². The third-order valence-corrected chi connectivity index (χ3v) is 7.79. The highest BCUT2D eigenvalue weighted by Crippen LogP contribution is 2.42. The van der Waals surface area contributed by atoms with Crippen LogP contribution in [0.15, 0.2) is 54.6 Å². The summed E-state index contributed by atoms with van der Waals surface area (Å²) < 4.78 is 17.2. The van der Waals surface area contributed by atoms with E-state index in [4.69, 9.17) is 14.2 Å². The molecule has 0 spiro atoms. The van der Waals surface area contributed by atoms with Gasteiger partial charge in [-0.1, -0.05) is 38.0 Å². The molecule has 1 aliphatic rings. The van der Waals surface area contributed by atoms with E-state index in [0.717, 1.165) is 61.7 Å². The third kappa shape index (κ3) is 8.07. The molecule has 40 heavy (non-hydrogen) atoms. The molecule has 0 saturated carbocycles. The van der Waals surface area contributed by atoms with E-state index in [0.29, 0.717) is 18.3 Å². The van der Waals surface area contributed by atoms with Crippen LogP contribution in [0.25, 0.3) is 0 Å². The molecule has 0 fully saturated rings. The second-order valence-corrected chi connectivity index (χ2v) is 10.9. The van der Waals surface area contributed by atoms with Crippen LogP contribution in [-0.2, 0) is 19.3 Å². The van der Waals surface area contributed by atoms with E-state index >= 15 is 0 Å². The summed E-state index contributed by atoms with van der Waals surface area (Å²) in [6.07, 6.45) is 7.53. The number of phenols is 1. The van der Waals surface area contributed by atoms with Crippen molar-refractivity contribution in [2.75, 3.05) is 39.2 Å². The number of unbranched alkanes of at least 4 members (excludes halogenated alkanes) is 2. The smallest absolute Gasteiger partial charge is 0.162 e. The van der Waals surface area contributed by atoms with Gasteiger partial charge in [0.1, 0.15) is 18.1 Å². The Balaban J connectivity index is 1.39. The number of anilines is 1. The van der Waals surface area contributed by atoms with Crippen LogP contribution in [0.5, 0.6) is 23.0 Å². The number of hydrogen-bond donors (Lipinski definition) is 3. The fraction of sp³-hybridized carbons (Fsp3) is 0.471. The predicted octanol–water partition coefficient (Wildman–Crippen LogP) is 6.88. The molecule has 0 aromatic heterocycles. The molecule has 3 aromatic carbocycles. The Kier molecular flexibility index (Phi) is 11.0. The first kappa shape index (κ1) is 29.6. The largest absolute Gasteiger partial charge is 0.508 e. The normalized spacial score (nSPS) is 15.2. The molecule has 6 nitrogen and oxygen atoms in total. The lowest BCUT2D eigenvalue weighted by molar-refractivity contribution is 0.313. The van der Waals surface area contributed by atoms with Gasteiger partial charge in [-0.3, -0.25) is 0 Å². The number of aromatic hydroxyl groups is 1. The Hall–Kier alpha value is -3.38. The Morgan fingerprint density at radius 3 is 2.45 bits per heavy atom. The lowest BCUT2D eigenvalue weighted by Crippen LogP contribution is -2.22. The number of hydrogen-bond acceptors (Lipinski definition) is 6. The maximum atomic E-state index is 9.91. The molecule has 2 atom stereocenters. The summed E-state index contributed by atoms with van der Waals surface area (Å²) in [6, 6.07) is 18.6. The molecule has 2 unspecified atom stereocenters. The van der Waals surface area contributed by atoms with Crippen molar-refractivity contribution in [3.05, 3.63) is 76.9 Å². The van der Waals surface area contributed by atoms with Gasteiger partial charge in [-0.2, -0.15) is 0 Å². The molecule has 0 amide bonds. The van der Waals surface area contributed by atoms with Crippen LogP contribution in [0.1, 0.15) is 67.7 Å².